The van der Waals surface area contributed by atoms with Crippen LogP contribution in [0, 0.1) is 5.41 Å². The highest BCUT2D eigenvalue weighted by Gasteiger charge is 2.49. The Hall–Kier alpha value is -1.03. The molecule has 10 heteroatoms. The SMILES string of the molecule is CC1(C)CC(=O)c2sc(NC(=O)C3(S(C)(=O)=O)CCNCC3)nc2C1.Cl. The number of carbonyl (C=O) groups excluding carboxylic acids is 2. The molecule has 7 nitrogen and oxygen atoms in total. The molecule has 146 valence electrons. The van der Waals surface area contributed by atoms with E-state index in [0.717, 1.165) is 17.6 Å². The maximum absolute atomic E-state index is 12.8. The van der Waals surface area contributed by atoms with Gasteiger partial charge in [-0.3, -0.25) is 9.59 Å². The van der Waals surface area contributed by atoms with Crippen LogP contribution in [0.1, 0.15) is 48.5 Å². The summed E-state index contributed by atoms with van der Waals surface area (Å²) in [4.78, 5) is 30.1. The Morgan fingerprint density at radius 1 is 1.23 bits per heavy atom. The average molecular weight is 422 g/mol. The highest BCUT2D eigenvalue weighted by atomic mass is 35.5. The number of sulfone groups is 1. The number of anilines is 1. The van der Waals surface area contributed by atoms with Crippen molar-refractivity contribution in [1.82, 2.24) is 10.3 Å². The van der Waals surface area contributed by atoms with E-state index >= 15 is 0 Å². The Bertz CT molecular complexity index is 827. The number of aromatic nitrogens is 1. The molecular weight excluding hydrogens is 398 g/mol. The molecule has 0 unspecified atom stereocenters. The Morgan fingerprint density at radius 3 is 2.42 bits per heavy atom. The van der Waals surface area contributed by atoms with Gasteiger partial charge in [-0.1, -0.05) is 25.2 Å². The lowest BCUT2D eigenvalue weighted by molar-refractivity contribution is -0.119. The van der Waals surface area contributed by atoms with Gasteiger partial charge < -0.3 is 10.6 Å². The van der Waals surface area contributed by atoms with Gasteiger partial charge in [-0.2, -0.15) is 0 Å². The zero-order valence-corrected chi connectivity index (χ0v) is 17.5. The number of Topliss-reactive ketones (excluding diaryl/α,β-unsaturated/α-hetero) is 1. The van der Waals surface area contributed by atoms with Crippen molar-refractivity contribution in [1.29, 1.82) is 0 Å². The molecule has 1 fully saturated rings. The van der Waals surface area contributed by atoms with Crippen molar-refractivity contribution in [2.45, 2.75) is 44.3 Å². The predicted molar refractivity (Wildman–Crippen MR) is 104 cm³/mol. The molecule has 0 atom stereocenters. The molecule has 0 aromatic carbocycles. The van der Waals surface area contributed by atoms with Gasteiger partial charge in [0.1, 0.15) is 0 Å². The minimum atomic E-state index is -3.58. The first-order valence-corrected chi connectivity index (χ1v) is 11.0. The van der Waals surface area contributed by atoms with E-state index in [0.29, 0.717) is 41.6 Å². The zero-order chi connectivity index (χ0) is 18.5. The molecule has 1 amide bonds. The molecule has 1 aromatic rings. The van der Waals surface area contributed by atoms with Gasteiger partial charge in [-0.15, -0.1) is 12.4 Å². The zero-order valence-electron chi connectivity index (χ0n) is 15.0. The van der Waals surface area contributed by atoms with Gasteiger partial charge in [0.25, 0.3) is 0 Å². The number of piperidine rings is 1. The number of amides is 1. The number of carbonyl (C=O) groups is 2. The van der Waals surface area contributed by atoms with Crippen LogP contribution in [0.5, 0.6) is 0 Å². The molecule has 0 saturated carbocycles. The quantitative estimate of drug-likeness (QED) is 0.771. The molecule has 0 radical (unpaired) electrons. The summed E-state index contributed by atoms with van der Waals surface area (Å²) in [7, 11) is -3.58. The fraction of sp³-hybridized carbons (Fsp3) is 0.688. The van der Waals surface area contributed by atoms with E-state index in [-0.39, 0.29) is 36.4 Å². The van der Waals surface area contributed by atoms with E-state index in [1.54, 1.807) is 0 Å². The maximum Gasteiger partial charge on any atom is 0.247 e. The van der Waals surface area contributed by atoms with Gasteiger partial charge in [0.2, 0.25) is 5.91 Å². The monoisotopic (exact) mass is 421 g/mol. The third-order valence-corrected chi connectivity index (χ3v) is 8.06. The van der Waals surface area contributed by atoms with Crippen LogP contribution < -0.4 is 10.6 Å². The summed E-state index contributed by atoms with van der Waals surface area (Å²) in [5.74, 6) is -0.516. The Labute approximate surface area is 163 Å². The molecule has 1 aliphatic heterocycles. The lowest BCUT2D eigenvalue weighted by Crippen LogP contribution is -2.55. The normalized spacial score (nSPS) is 21.4. The molecule has 2 aliphatic rings. The van der Waals surface area contributed by atoms with Gasteiger partial charge in [-0.25, -0.2) is 13.4 Å². The summed E-state index contributed by atoms with van der Waals surface area (Å²) in [5.41, 5.74) is 0.544. The molecule has 0 spiro atoms. The number of fused-ring (bicyclic) bond motifs is 1. The van der Waals surface area contributed by atoms with Gasteiger partial charge in [0.15, 0.2) is 25.5 Å². The van der Waals surface area contributed by atoms with Gasteiger partial charge in [-0.05, 0) is 37.8 Å². The molecular formula is C16H24ClN3O4S2. The van der Waals surface area contributed by atoms with Crippen molar-refractivity contribution in [2.24, 2.45) is 5.41 Å². The van der Waals surface area contributed by atoms with Crippen molar-refractivity contribution < 1.29 is 18.0 Å². The minimum absolute atomic E-state index is 0. The van der Waals surface area contributed by atoms with Crippen molar-refractivity contribution in [2.75, 3.05) is 24.7 Å². The first-order chi connectivity index (χ1) is 11.5. The van der Waals surface area contributed by atoms with Crippen LogP contribution in [-0.4, -0.2) is 49.2 Å². The molecule has 2 heterocycles. The third kappa shape index (κ3) is 3.81. The number of halogens is 1. The molecule has 3 rings (SSSR count). The van der Waals surface area contributed by atoms with E-state index in [4.69, 9.17) is 0 Å². The van der Waals surface area contributed by atoms with Crippen LogP contribution in [0.15, 0.2) is 0 Å². The second-order valence-corrected chi connectivity index (χ2v) is 11.0. The van der Waals surface area contributed by atoms with Gasteiger partial charge in [0, 0.05) is 12.7 Å². The lowest BCUT2D eigenvalue weighted by atomic mass is 9.78. The van der Waals surface area contributed by atoms with Crippen molar-refractivity contribution in [3.63, 3.8) is 0 Å². The second-order valence-electron chi connectivity index (χ2n) is 7.71. The number of nitrogens with zero attached hydrogens (tertiary/aromatic N) is 1. The van der Waals surface area contributed by atoms with E-state index < -0.39 is 20.5 Å². The number of rotatable bonds is 3. The predicted octanol–water partition coefficient (Wildman–Crippen LogP) is 1.83. The molecule has 1 saturated heterocycles. The molecule has 1 aliphatic carbocycles. The lowest BCUT2D eigenvalue weighted by Gasteiger charge is -2.33. The van der Waals surface area contributed by atoms with Crippen molar-refractivity contribution in [3.8, 4) is 0 Å². The topological polar surface area (TPSA) is 105 Å². The van der Waals surface area contributed by atoms with Gasteiger partial charge in [0.05, 0.1) is 10.6 Å². The summed E-state index contributed by atoms with van der Waals surface area (Å²) in [6, 6.07) is 0. The Kier molecular flexibility index (Phi) is 5.87. The highest BCUT2D eigenvalue weighted by Crippen LogP contribution is 2.39. The van der Waals surface area contributed by atoms with Crippen LogP contribution in [0.25, 0.3) is 0 Å². The highest BCUT2D eigenvalue weighted by molar-refractivity contribution is 7.92. The van der Waals surface area contributed by atoms with Crippen LogP contribution in [0.3, 0.4) is 0 Å². The van der Waals surface area contributed by atoms with Crippen LogP contribution in [0.4, 0.5) is 5.13 Å². The number of thiazole rings is 1. The smallest absolute Gasteiger partial charge is 0.247 e. The summed E-state index contributed by atoms with van der Waals surface area (Å²) < 4.78 is 23.2. The van der Waals surface area contributed by atoms with Crippen LogP contribution in [-0.2, 0) is 21.1 Å². The minimum Gasteiger partial charge on any atom is -0.317 e. The van der Waals surface area contributed by atoms with E-state index in [9.17, 15) is 18.0 Å². The average Bonchev–Trinajstić information content (AvgIpc) is 2.88. The summed E-state index contributed by atoms with van der Waals surface area (Å²) >= 11 is 1.14. The number of hydrogen-bond donors (Lipinski definition) is 2. The van der Waals surface area contributed by atoms with E-state index in [1.807, 2.05) is 13.8 Å². The fourth-order valence-corrected chi connectivity index (χ4v) is 5.83. The molecule has 0 bridgehead atoms. The first kappa shape index (κ1) is 21.3. The summed E-state index contributed by atoms with van der Waals surface area (Å²) in [6.07, 6.45) is 2.69. The van der Waals surface area contributed by atoms with Crippen molar-refractivity contribution >= 4 is 50.4 Å². The number of hydrogen-bond acceptors (Lipinski definition) is 7. The molecule has 1 aromatic heterocycles. The second kappa shape index (κ2) is 7.18. The van der Waals surface area contributed by atoms with Crippen LogP contribution in [0.2, 0.25) is 0 Å². The Morgan fingerprint density at radius 2 is 1.85 bits per heavy atom. The maximum atomic E-state index is 12.8. The van der Waals surface area contributed by atoms with Crippen LogP contribution >= 0.6 is 23.7 Å². The number of ketones is 1. The van der Waals surface area contributed by atoms with E-state index in [1.165, 1.54) is 0 Å². The molecule has 2 N–H and O–H groups in total. The van der Waals surface area contributed by atoms with E-state index in [2.05, 4.69) is 15.6 Å². The first-order valence-electron chi connectivity index (χ1n) is 8.29. The summed E-state index contributed by atoms with van der Waals surface area (Å²) in [5, 5.41) is 6.06. The third-order valence-electron chi connectivity index (χ3n) is 4.99. The van der Waals surface area contributed by atoms with Crippen molar-refractivity contribution in [3.05, 3.63) is 10.6 Å². The fourth-order valence-electron chi connectivity index (χ4n) is 3.58. The molecule has 26 heavy (non-hydrogen) atoms. The summed E-state index contributed by atoms with van der Waals surface area (Å²) in [6.45, 7) is 4.97. The van der Waals surface area contributed by atoms with Gasteiger partial charge >= 0.3 is 0 Å². The number of nitrogens with one attached hydrogen (secondary N) is 2. The standard InChI is InChI=1S/C16H23N3O4S2.ClH/c1-15(2)8-10-12(11(20)9-15)24-14(18-10)19-13(21)16(25(3,22)23)4-6-17-7-5-16;/h17H,4-9H2,1-3H3,(H,18,19,21);1H. The largest absolute Gasteiger partial charge is 0.317 e. The Balaban J connectivity index is 0.00000243.